The Morgan fingerprint density at radius 1 is 1.41 bits per heavy atom. The maximum absolute atomic E-state index is 6.07. The highest BCUT2D eigenvalue weighted by molar-refractivity contribution is 6.18. The fraction of sp³-hybridized carbons (Fsp3) is 0.769. The van der Waals surface area contributed by atoms with Crippen molar-refractivity contribution in [2.75, 3.05) is 19.0 Å². The molecule has 0 radical (unpaired) electrons. The summed E-state index contributed by atoms with van der Waals surface area (Å²) in [5, 5.41) is 7.68. The summed E-state index contributed by atoms with van der Waals surface area (Å²) in [5.41, 5.74) is 1.52. The van der Waals surface area contributed by atoms with Gasteiger partial charge in [-0.05, 0) is 24.3 Å². The predicted octanol–water partition coefficient (Wildman–Crippen LogP) is 2.60. The van der Waals surface area contributed by atoms with E-state index in [0.717, 1.165) is 38.2 Å². The minimum atomic E-state index is 0.258. The summed E-state index contributed by atoms with van der Waals surface area (Å²) in [6.07, 6.45) is 5.12. The van der Waals surface area contributed by atoms with E-state index in [0.29, 0.717) is 0 Å². The second-order valence-corrected chi connectivity index (χ2v) is 4.98. The van der Waals surface area contributed by atoms with E-state index in [4.69, 9.17) is 11.6 Å². The van der Waals surface area contributed by atoms with Gasteiger partial charge in [0.15, 0.2) is 0 Å². The molecule has 17 heavy (non-hydrogen) atoms. The van der Waals surface area contributed by atoms with Gasteiger partial charge in [0, 0.05) is 44.3 Å². The average molecular weight is 258 g/mol. The van der Waals surface area contributed by atoms with Crippen LogP contribution in [-0.2, 0) is 13.5 Å². The first kappa shape index (κ1) is 14.5. The fourth-order valence-electron chi connectivity index (χ4n) is 1.95. The van der Waals surface area contributed by atoms with Crippen LogP contribution in [0.25, 0.3) is 0 Å². The first-order chi connectivity index (χ1) is 8.17. The zero-order chi connectivity index (χ0) is 12.7. The molecule has 0 spiro atoms. The highest BCUT2D eigenvalue weighted by Crippen LogP contribution is 2.26. The summed E-state index contributed by atoms with van der Waals surface area (Å²) in [5.74, 6) is 0.735. The molecule has 0 atom stereocenters. The predicted molar refractivity (Wildman–Crippen MR) is 73.5 cm³/mol. The number of halogens is 1. The Balaban J connectivity index is 2.30. The Kier molecular flexibility index (Phi) is 6.00. The van der Waals surface area contributed by atoms with Crippen molar-refractivity contribution >= 4 is 11.6 Å². The smallest absolute Gasteiger partial charge is 0.0492 e. The Bertz CT molecular complexity index is 310. The lowest BCUT2D eigenvalue weighted by molar-refractivity contribution is 0.287. The van der Waals surface area contributed by atoms with Crippen LogP contribution in [0.4, 0.5) is 0 Å². The van der Waals surface area contributed by atoms with E-state index in [1.807, 2.05) is 17.9 Å². The lowest BCUT2D eigenvalue weighted by Gasteiger charge is -2.29. The molecule has 0 unspecified atom stereocenters. The largest absolute Gasteiger partial charge is 0.316 e. The van der Waals surface area contributed by atoms with Crippen molar-refractivity contribution in [3.05, 3.63) is 18.0 Å². The van der Waals surface area contributed by atoms with Crippen LogP contribution in [0.2, 0.25) is 0 Å². The summed E-state index contributed by atoms with van der Waals surface area (Å²) < 4.78 is 1.93. The number of alkyl halides is 1. The van der Waals surface area contributed by atoms with Crippen molar-refractivity contribution in [3.8, 4) is 0 Å². The van der Waals surface area contributed by atoms with Gasteiger partial charge in [-0.3, -0.25) is 4.68 Å². The van der Waals surface area contributed by atoms with Gasteiger partial charge in [0.05, 0.1) is 0 Å². The van der Waals surface area contributed by atoms with Crippen LogP contribution in [0, 0.1) is 5.41 Å². The van der Waals surface area contributed by atoms with Crippen LogP contribution >= 0.6 is 11.6 Å². The van der Waals surface area contributed by atoms with Gasteiger partial charge in [-0.15, -0.1) is 11.6 Å². The second kappa shape index (κ2) is 7.02. The van der Waals surface area contributed by atoms with Crippen molar-refractivity contribution < 1.29 is 0 Å². The number of nitrogens with one attached hydrogen (secondary N) is 1. The molecule has 0 saturated carbocycles. The van der Waals surface area contributed by atoms with E-state index in [9.17, 15) is 0 Å². The van der Waals surface area contributed by atoms with Gasteiger partial charge in [-0.1, -0.05) is 13.8 Å². The minimum absolute atomic E-state index is 0.258. The Hall–Kier alpha value is -0.540. The molecular weight excluding hydrogens is 234 g/mol. The SMILES string of the molecule is CCC(CC)(CCl)CNCCc1ccnn1C. The third kappa shape index (κ3) is 4.00. The molecule has 1 heterocycles. The number of hydrogen-bond donors (Lipinski definition) is 1. The molecule has 1 rings (SSSR count). The number of aromatic nitrogens is 2. The normalized spacial score (nSPS) is 12.0. The average Bonchev–Trinajstić information content (AvgIpc) is 2.76. The zero-order valence-corrected chi connectivity index (χ0v) is 11.9. The maximum Gasteiger partial charge on any atom is 0.0492 e. The molecule has 3 nitrogen and oxygen atoms in total. The van der Waals surface area contributed by atoms with Crippen molar-refractivity contribution in [2.45, 2.75) is 33.1 Å². The Morgan fingerprint density at radius 2 is 2.12 bits per heavy atom. The lowest BCUT2D eigenvalue weighted by Crippen LogP contribution is -2.36. The molecule has 0 fully saturated rings. The van der Waals surface area contributed by atoms with Crippen molar-refractivity contribution in [1.82, 2.24) is 15.1 Å². The van der Waals surface area contributed by atoms with E-state index in [1.165, 1.54) is 5.69 Å². The van der Waals surface area contributed by atoms with Crippen LogP contribution in [0.1, 0.15) is 32.4 Å². The minimum Gasteiger partial charge on any atom is -0.316 e. The van der Waals surface area contributed by atoms with Gasteiger partial charge >= 0.3 is 0 Å². The molecule has 0 saturated heterocycles. The summed E-state index contributed by atoms with van der Waals surface area (Å²) in [4.78, 5) is 0. The quantitative estimate of drug-likeness (QED) is 0.573. The van der Waals surface area contributed by atoms with E-state index in [1.54, 1.807) is 0 Å². The van der Waals surface area contributed by atoms with Crippen molar-refractivity contribution in [3.63, 3.8) is 0 Å². The molecule has 98 valence electrons. The standard InChI is InChI=1S/C13H24ClN3/c1-4-13(5-2,10-14)11-15-8-6-12-7-9-16-17(12)3/h7,9,15H,4-6,8,10-11H2,1-3H3. The molecule has 0 aliphatic carbocycles. The second-order valence-electron chi connectivity index (χ2n) is 4.71. The Morgan fingerprint density at radius 3 is 2.59 bits per heavy atom. The van der Waals surface area contributed by atoms with Gasteiger partial charge in [0.25, 0.3) is 0 Å². The van der Waals surface area contributed by atoms with E-state index in [2.05, 4.69) is 30.3 Å². The van der Waals surface area contributed by atoms with E-state index in [-0.39, 0.29) is 5.41 Å². The summed E-state index contributed by atoms with van der Waals surface area (Å²) in [7, 11) is 1.98. The van der Waals surface area contributed by atoms with Crippen molar-refractivity contribution in [1.29, 1.82) is 0 Å². The third-order valence-corrected chi connectivity index (χ3v) is 4.33. The highest BCUT2D eigenvalue weighted by Gasteiger charge is 2.24. The Labute approximate surface area is 110 Å². The fourth-order valence-corrected chi connectivity index (χ4v) is 2.43. The van der Waals surface area contributed by atoms with E-state index < -0.39 is 0 Å². The van der Waals surface area contributed by atoms with Crippen LogP contribution < -0.4 is 5.32 Å². The van der Waals surface area contributed by atoms with Gasteiger partial charge in [-0.2, -0.15) is 5.10 Å². The zero-order valence-electron chi connectivity index (χ0n) is 11.2. The summed E-state index contributed by atoms with van der Waals surface area (Å²) >= 11 is 6.07. The van der Waals surface area contributed by atoms with Crippen LogP contribution in [-0.4, -0.2) is 28.8 Å². The number of hydrogen-bond acceptors (Lipinski definition) is 2. The highest BCUT2D eigenvalue weighted by atomic mass is 35.5. The monoisotopic (exact) mass is 257 g/mol. The molecule has 1 aromatic rings. The molecule has 1 aromatic heterocycles. The molecular formula is C13H24ClN3. The summed E-state index contributed by atoms with van der Waals surface area (Å²) in [6.45, 7) is 6.42. The molecule has 0 aliphatic rings. The number of aryl methyl sites for hydroxylation is 1. The van der Waals surface area contributed by atoms with Crippen LogP contribution in [0.5, 0.6) is 0 Å². The van der Waals surface area contributed by atoms with Crippen LogP contribution in [0.3, 0.4) is 0 Å². The van der Waals surface area contributed by atoms with Gasteiger partial charge in [-0.25, -0.2) is 0 Å². The maximum atomic E-state index is 6.07. The molecule has 0 aromatic carbocycles. The lowest BCUT2D eigenvalue weighted by atomic mass is 9.84. The molecule has 1 N–H and O–H groups in total. The molecule has 0 aliphatic heterocycles. The topological polar surface area (TPSA) is 29.9 Å². The molecule has 4 heteroatoms. The van der Waals surface area contributed by atoms with E-state index >= 15 is 0 Å². The number of nitrogens with zero attached hydrogens (tertiary/aromatic N) is 2. The number of rotatable bonds is 8. The van der Waals surface area contributed by atoms with Gasteiger partial charge < -0.3 is 5.32 Å². The van der Waals surface area contributed by atoms with Crippen LogP contribution in [0.15, 0.2) is 12.3 Å². The summed E-state index contributed by atoms with van der Waals surface area (Å²) in [6, 6.07) is 2.07. The first-order valence-electron chi connectivity index (χ1n) is 6.41. The van der Waals surface area contributed by atoms with Gasteiger partial charge in [0.2, 0.25) is 0 Å². The molecule has 0 bridgehead atoms. The van der Waals surface area contributed by atoms with Crippen molar-refractivity contribution in [2.24, 2.45) is 12.5 Å². The van der Waals surface area contributed by atoms with Gasteiger partial charge in [0.1, 0.15) is 0 Å². The third-order valence-electron chi connectivity index (χ3n) is 3.76. The first-order valence-corrected chi connectivity index (χ1v) is 6.94. The molecule has 0 amide bonds.